The third kappa shape index (κ3) is 4.48. The van der Waals surface area contributed by atoms with Gasteiger partial charge >= 0.3 is 0 Å². The molecule has 0 fully saturated rings. The summed E-state index contributed by atoms with van der Waals surface area (Å²) < 4.78 is 7.62. The van der Waals surface area contributed by atoms with Crippen LogP contribution >= 0.6 is 11.3 Å². The SMILES string of the molecule is CCn1cc(NC(=O)c2cc(COc3cc(C)cc(C)c3)cs2)cn1. The van der Waals surface area contributed by atoms with Gasteiger partial charge in [0.15, 0.2) is 0 Å². The second-order valence-electron chi connectivity index (χ2n) is 5.97. The molecule has 1 N–H and O–H groups in total. The summed E-state index contributed by atoms with van der Waals surface area (Å²) in [6.07, 6.45) is 3.47. The number of aryl methyl sites for hydroxylation is 3. The third-order valence-electron chi connectivity index (χ3n) is 3.69. The van der Waals surface area contributed by atoms with Crippen LogP contribution in [-0.2, 0) is 13.2 Å². The van der Waals surface area contributed by atoms with Crippen molar-refractivity contribution in [3.63, 3.8) is 0 Å². The maximum atomic E-state index is 12.3. The lowest BCUT2D eigenvalue weighted by Gasteiger charge is -2.07. The third-order valence-corrected chi connectivity index (χ3v) is 4.67. The van der Waals surface area contributed by atoms with Gasteiger partial charge in [0.1, 0.15) is 12.4 Å². The highest BCUT2D eigenvalue weighted by atomic mass is 32.1. The quantitative estimate of drug-likeness (QED) is 0.712. The minimum atomic E-state index is -0.127. The molecule has 0 radical (unpaired) electrons. The van der Waals surface area contributed by atoms with Crippen LogP contribution in [-0.4, -0.2) is 15.7 Å². The molecule has 0 spiro atoms. The lowest BCUT2D eigenvalue weighted by Crippen LogP contribution is -2.09. The zero-order valence-corrected chi connectivity index (χ0v) is 15.4. The minimum absolute atomic E-state index is 0.127. The van der Waals surface area contributed by atoms with E-state index in [2.05, 4.69) is 16.5 Å². The van der Waals surface area contributed by atoms with Gasteiger partial charge in [-0.2, -0.15) is 5.10 Å². The molecule has 130 valence electrons. The van der Waals surface area contributed by atoms with Crippen LogP contribution in [0.1, 0.15) is 33.3 Å². The summed E-state index contributed by atoms with van der Waals surface area (Å²) in [7, 11) is 0. The van der Waals surface area contributed by atoms with Gasteiger partial charge in [0, 0.05) is 18.3 Å². The van der Waals surface area contributed by atoms with Crippen LogP contribution in [0.3, 0.4) is 0 Å². The predicted molar refractivity (Wildman–Crippen MR) is 100 cm³/mol. The van der Waals surface area contributed by atoms with E-state index in [1.165, 1.54) is 22.5 Å². The van der Waals surface area contributed by atoms with E-state index in [0.29, 0.717) is 17.2 Å². The Hall–Kier alpha value is -2.60. The van der Waals surface area contributed by atoms with Gasteiger partial charge in [0.05, 0.1) is 16.8 Å². The van der Waals surface area contributed by atoms with Crippen molar-refractivity contribution >= 4 is 22.9 Å². The maximum absolute atomic E-state index is 12.3. The van der Waals surface area contributed by atoms with E-state index in [9.17, 15) is 4.79 Å². The zero-order valence-electron chi connectivity index (χ0n) is 14.6. The fourth-order valence-corrected chi connectivity index (χ4v) is 3.34. The second kappa shape index (κ2) is 7.53. The molecule has 3 rings (SSSR count). The van der Waals surface area contributed by atoms with Crippen molar-refractivity contribution in [2.45, 2.75) is 33.9 Å². The number of ether oxygens (including phenoxy) is 1. The van der Waals surface area contributed by atoms with E-state index in [1.54, 1.807) is 10.9 Å². The molecule has 0 aliphatic carbocycles. The van der Waals surface area contributed by atoms with Gasteiger partial charge in [0.25, 0.3) is 5.91 Å². The molecule has 2 aromatic heterocycles. The highest BCUT2D eigenvalue weighted by molar-refractivity contribution is 7.12. The summed E-state index contributed by atoms with van der Waals surface area (Å²) in [5.41, 5.74) is 4.04. The zero-order chi connectivity index (χ0) is 17.8. The molecule has 5 nitrogen and oxygen atoms in total. The number of nitrogens with one attached hydrogen (secondary N) is 1. The molecule has 0 saturated heterocycles. The van der Waals surface area contributed by atoms with E-state index in [-0.39, 0.29) is 5.91 Å². The van der Waals surface area contributed by atoms with Gasteiger partial charge in [-0.1, -0.05) is 6.07 Å². The number of nitrogens with zero attached hydrogens (tertiary/aromatic N) is 2. The van der Waals surface area contributed by atoms with Gasteiger partial charge in [-0.25, -0.2) is 0 Å². The number of hydrogen-bond acceptors (Lipinski definition) is 4. The van der Waals surface area contributed by atoms with E-state index in [4.69, 9.17) is 4.74 Å². The Bertz CT molecular complexity index is 862. The van der Waals surface area contributed by atoms with E-state index < -0.39 is 0 Å². The molecule has 0 aliphatic rings. The molecular formula is C19H21N3O2S. The molecule has 1 amide bonds. The van der Waals surface area contributed by atoms with Crippen molar-refractivity contribution in [2.75, 3.05) is 5.32 Å². The molecule has 6 heteroatoms. The number of anilines is 1. The minimum Gasteiger partial charge on any atom is -0.489 e. The van der Waals surface area contributed by atoms with Crippen LogP contribution in [0.25, 0.3) is 0 Å². The Morgan fingerprint density at radius 3 is 2.68 bits per heavy atom. The van der Waals surface area contributed by atoms with Crippen molar-refractivity contribution in [1.82, 2.24) is 9.78 Å². The monoisotopic (exact) mass is 355 g/mol. The lowest BCUT2D eigenvalue weighted by molar-refractivity contribution is 0.103. The Morgan fingerprint density at radius 1 is 1.24 bits per heavy atom. The molecular weight excluding hydrogens is 334 g/mol. The Kier molecular flexibility index (Phi) is 5.19. The van der Waals surface area contributed by atoms with Crippen molar-refractivity contribution in [2.24, 2.45) is 0 Å². The number of thiophene rings is 1. The molecule has 0 aliphatic heterocycles. The predicted octanol–water partition coefficient (Wildman–Crippen LogP) is 4.41. The van der Waals surface area contributed by atoms with Crippen LogP contribution < -0.4 is 10.1 Å². The molecule has 0 unspecified atom stereocenters. The van der Waals surface area contributed by atoms with Gasteiger partial charge in [-0.15, -0.1) is 11.3 Å². The number of hydrogen-bond donors (Lipinski definition) is 1. The first-order valence-corrected chi connectivity index (χ1v) is 9.04. The smallest absolute Gasteiger partial charge is 0.265 e. The van der Waals surface area contributed by atoms with Crippen LogP contribution in [0.2, 0.25) is 0 Å². The number of rotatable bonds is 6. The molecule has 0 bridgehead atoms. The summed E-state index contributed by atoms with van der Waals surface area (Å²) in [5, 5.41) is 8.96. The number of aromatic nitrogens is 2. The summed E-state index contributed by atoms with van der Waals surface area (Å²) >= 11 is 1.41. The molecule has 2 heterocycles. The van der Waals surface area contributed by atoms with Crippen LogP contribution in [0, 0.1) is 13.8 Å². The van der Waals surface area contributed by atoms with Gasteiger partial charge in [0.2, 0.25) is 0 Å². The molecule has 25 heavy (non-hydrogen) atoms. The largest absolute Gasteiger partial charge is 0.489 e. The van der Waals surface area contributed by atoms with E-state index in [0.717, 1.165) is 17.9 Å². The van der Waals surface area contributed by atoms with E-state index in [1.807, 2.05) is 50.5 Å². The average molecular weight is 355 g/mol. The molecule has 0 atom stereocenters. The number of amides is 1. The number of carbonyl (C=O) groups is 1. The Balaban J connectivity index is 1.60. The average Bonchev–Trinajstić information content (AvgIpc) is 3.21. The summed E-state index contributed by atoms with van der Waals surface area (Å²) in [4.78, 5) is 13.0. The van der Waals surface area contributed by atoms with Gasteiger partial charge in [-0.3, -0.25) is 9.48 Å². The standard InChI is InChI=1S/C19H21N3O2S/c1-4-22-10-16(9-20-22)21-19(23)18-8-15(12-25-18)11-24-17-6-13(2)5-14(3)7-17/h5-10,12H,4,11H2,1-3H3,(H,21,23). The first kappa shape index (κ1) is 17.2. The highest BCUT2D eigenvalue weighted by Gasteiger charge is 2.11. The molecule has 0 saturated carbocycles. The first-order valence-electron chi connectivity index (χ1n) is 8.16. The van der Waals surface area contributed by atoms with Crippen molar-refractivity contribution < 1.29 is 9.53 Å². The fraction of sp³-hybridized carbons (Fsp3) is 0.263. The van der Waals surface area contributed by atoms with E-state index >= 15 is 0 Å². The maximum Gasteiger partial charge on any atom is 0.265 e. The van der Waals surface area contributed by atoms with Crippen molar-refractivity contribution in [3.05, 3.63) is 63.6 Å². The van der Waals surface area contributed by atoms with Gasteiger partial charge < -0.3 is 10.1 Å². The topological polar surface area (TPSA) is 56.2 Å². The molecule has 1 aromatic carbocycles. The molecule has 3 aromatic rings. The summed E-state index contributed by atoms with van der Waals surface area (Å²) in [6.45, 7) is 7.32. The van der Waals surface area contributed by atoms with Crippen LogP contribution in [0.4, 0.5) is 5.69 Å². The fourth-order valence-electron chi connectivity index (χ4n) is 2.55. The Labute approximate surface area is 151 Å². The summed E-state index contributed by atoms with van der Waals surface area (Å²) in [5.74, 6) is 0.722. The van der Waals surface area contributed by atoms with Gasteiger partial charge in [-0.05, 0) is 55.5 Å². The lowest BCUT2D eigenvalue weighted by atomic mass is 10.1. The highest BCUT2D eigenvalue weighted by Crippen LogP contribution is 2.21. The second-order valence-corrected chi connectivity index (χ2v) is 6.88. The number of carbonyl (C=O) groups excluding carboxylic acids is 1. The van der Waals surface area contributed by atoms with Crippen molar-refractivity contribution in [3.8, 4) is 5.75 Å². The van der Waals surface area contributed by atoms with Crippen molar-refractivity contribution in [1.29, 1.82) is 0 Å². The van der Waals surface area contributed by atoms with Crippen LogP contribution in [0.5, 0.6) is 5.75 Å². The number of benzene rings is 1. The normalized spacial score (nSPS) is 10.7. The van der Waals surface area contributed by atoms with Crippen LogP contribution in [0.15, 0.2) is 42.0 Å². The summed E-state index contributed by atoms with van der Waals surface area (Å²) in [6, 6.07) is 8.00. The Morgan fingerprint density at radius 2 is 2.00 bits per heavy atom. The first-order chi connectivity index (χ1) is 12.0.